The van der Waals surface area contributed by atoms with Crippen LogP contribution < -0.4 is 10.5 Å². The van der Waals surface area contributed by atoms with E-state index in [0.29, 0.717) is 52.2 Å². The molecule has 1 aromatic rings. The molecule has 0 bridgehead atoms. The molecule has 8 heteroatoms. The van der Waals surface area contributed by atoms with Gasteiger partial charge in [0.15, 0.2) is 6.10 Å². The van der Waals surface area contributed by atoms with Gasteiger partial charge in [-0.3, -0.25) is 9.59 Å². The summed E-state index contributed by atoms with van der Waals surface area (Å²) in [6.45, 7) is 6.77. The van der Waals surface area contributed by atoms with Crippen LogP contribution in [0.3, 0.4) is 0 Å². The van der Waals surface area contributed by atoms with Gasteiger partial charge in [-0.05, 0) is 38.3 Å². The second kappa shape index (κ2) is 9.58. The highest BCUT2D eigenvalue weighted by molar-refractivity contribution is 5.87. The highest BCUT2D eigenvalue weighted by Crippen LogP contribution is 2.22. The van der Waals surface area contributed by atoms with Crippen LogP contribution in [0.4, 0.5) is 0 Å². The molecule has 28 heavy (non-hydrogen) atoms. The fourth-order valence-corrected chi connectivity index (χ4v) is 3.58. The van der Waals surface area contributed by atoms with Gasteiger partial charge >= 0.3 is 0 Å². The lowest BCUT2D eigenvalue weighted by Gasteiger charge is -2.41. The summed E-state index contributed by atoms with van der Waals surface area (Å²) in [4.78, 5) is 29.0. The van der Waals surface area contributed by atoms with E-state index < -0.39 is 11.6 Å². The molecule has 0 saturated carbocycles. The number of nitrogens with two attached hydrogens (primary N) is 1. The van der Waals surface area contributed by atoms with E-state index in [9.17, 15) is 9.59 Å². The Bertz CT molecular complexity index is 686. The zero-order valence-electron chi connectivity index (χ0n) is 16.6. The smallest absolute Gasteiger partial charge is 0.263 e. The molecule has 2 N–H and O–H groups in total. The number of nitrogens with zero attached hydrogens (tertiary/aromatic N) is 2. The Kier molecular flexibility index (Phi) is 7.69. The Morgan fingerprint density at radius 1 is 1.11 bits per heavy atom. The van der Waals surface area contributed by atoms with E-state index in [2.05, 4.69) is 0 Å². The molecule has 1 atom stereocenters. The summed E-state index contributed by atoms with van der Waals surface area (Å²) < 4.78 is 11.2. The summed E-state index contributed by atoms with van der Waals surface area (Å²) in [6.07, 6.45) is 0.531. The van der Waals surface area contributed by atoms with Crippen molar-refractivity contribution < 1.29 is 19.1 Å². The van der Waals surface area contributed by atoms with Crippen LogP contribution >= 0.6 is 12.4 Å². The van der Waals surface area contributed by atoms with Crippen molar-refractivity contribution in [3.63, 3.8) is 0 Å². The lowest BCUT2D eigenvalue weighted by Crippen LogP contribution is -2.62. The molecular formula is C20H30ClN3O4. The quantitative estimate of drug-likeness (QED) is 0.808. The molecule has 2 aliphatic rings. The van der Waals surface area contributed by atoms with Gasteiger partial charge in [0.05, 0.1) is 5.54 Å². The van der Waals surface area contributed by atoms with Gasteiger partial charge in [0.2, 0.25) is 5.91 Å². The first kappa shape index (κ1) is 22.5. The van der Waals surface area contributed by atoms with Gasteiger partial charge in [-0.1, -0.05) is 18.2 Å². The van der Waals surface area contributed by atoms with Crippen LogP contribution in [0.5, 0.6) is 5.75 Å². The molecule has 0 aromatic heterocycles. The minimum absolute atomic E-state index is 0. The zero-order chi connectivity index (χ0) is 19.4. The monoisotopic (exact) mass is 411 g/mol. The second-order valence-electron chi connectivity index (χ2n) is 7.41. The molecule has 1 unspecified atom stereocenters. The minimum atomic E-state index is -0.828. The van der Waals surface area contributed by atoms with Crippen LogP contribution in [0.15, 0.2) is 24.3 Å². The topological polar surface area (TPSA) is 85.1 Å². The van der Waals surface area contributed by atoms with Crippen LogP contribution in [-0.4, -0.2) is 72.6 Å². The van der Waals surface area contributed by atoms with E-state index in [1.165, 1.54) is 0 Å². The number of para-hydroxylation sites is 1. The normalized spacial score (nSPS) is 20.1. The summed E-state index contributed by atoms with van der Waals surface area (Å²) in [5, 5.41) is 0. The van der Waals surface area contributed by atoms with Crippen LogP contribution in [-0.2, 0) is 14.3 Å². The minimum Gasteiger partial charge on any atom is -0.481 e. The third-order valence-electron chi connectivity index (χ3n) is 5.43. The standard InChI is InChI=1S/C20H29N3O4.ClH/c1-15-5-3-4-6-17(15)27-16(2)18(24)22-9-11-23(12-10-22)19(25)20(21)7-13-26-14-8-20;/h3-6,16H,7-14,21H2,1-2H3;1H. The Morgan fingerprint density at radius 3 is 2.29 bits per heavy atom. The number of piperazine rings is 1. The third kappa shape index (κ3) is 4.96. The van der Waals surface area contributed by atoms with Crippen LogP contribution in [0.1, 0.15) is 25.3 Å². The predicted molar refractivity (Wildman–Crippen MR) is 109 cm³/mol. The Labute approximate surface area is 172 Å². The Balaban J connectivity index is 0.00000280. The van der Waals surface area contributed by atoms with Gasteiger partial charge in [-0.15, -0.1) is 12.4 Å². The molecule has 156 valence electrons. The van der Waals surface area contributed by atoms with Crippen molar-refractivity contribution in [1.82, 2.24) is 9.80 Å². The van der Waals surface area contributed by atoms with E-state index in [0.717, 1.165) is 11.3 Å². The fourth-order valence-electron chi connectivity index (χ4n) is 3.58. The maximum absolute atomic E-state index is 12.8. The highest BCUT2D eigenvalue weighted by atomic mass is 35.5. The van der Waals surface area contributed by atoms with Gasteiger partial charge in [0.1, 0.15) is 5.75 Å². The lowest BCUT2D eigenvalue weighted by molar-refractivity contribution is -0.147. The Morgan fingerprint density at radius 2 is 1.68 bits per heavy atom. The van der Waals surface area contributed by atoms with Gasteiger partial charge in [0, 0.05) is 39.4 Å². The molecule has 2 aliphatic heterocycles. The number of halogens is 1. The summed E-state index contributed by atoms with van der Waals surface area (Å²) in [7, 11) is 0. The molecule has 0 radical (unpaired) electrons. The van der Waals surface area contributed by atoms with E-state index >= 15 is 0 Å². The number of carbonyl (C=O) groups excluding carboxylic acids is 2. The van der Waals surface area contributed by atoms with Gasteiger partial charge in [0.25, 0.3) is 5.91 Å². The number of benzene rings is 1. The van der Waals surface area contributed by atoms with Crippen LogP contribution in [0.2, 0.25) is 0 Å². The molecule has 0 aliphatic carbocycles. The molecule has 2 saturated heterocycles. The number of hydrogen-bond acceptors (Lipinski definition) is 5. The average Bonchev–Trinajstić information content (AvgIpc) is 2.69. The number of ether oxygens (including phenoxy) is 2. The number of rotatable bonds is 4. The molecular weight excluding hydrogens is 382 g/mol. The third-order valence-corrected chi connectivity index (χ3v) is 5.43. The molecule has 2 amide bonds. The number of hydrogen-bond donors (Lipinski definition) is 1. The van der Waals surface area contributed by atoms with Gasteiger partial charge < -0.3 is 25.0 Å². The van der Waals surface area contributed by atoms with E-state index in [4.69, 9.17) is 15.2 Å². The molecule has 7 nitrogen and oxygen atoms in total. The SMILES string of the molecule is Cc1ccccc1OC(C)C(=O)N1CCN(C(=O)C2(N)CCOCC2)CC1.Cl. The summed E-state index contributed by atoms with van der Waals surface area (Å²) >= 11 is 0. The lowest BCUT2D eigenvalue weighted by atomic mass is 9.89. The van der Waals surface area contributed by atoms with Gasteiger partial charge in [-0.25, -0.2) is 0 Å². The average molecular weight is 412 g/mol. The van der Waals surface area contributed by atoms with Crippen molar-refractivity contribution in [3.05, 3.63) is 29.8 Å². The van der Waals surface area contributed by atoms with Crippen molar-refractivity contribution in [2.45, 2.75) is 38.3 Å². The predicted octanol–water partition coefficient (Wildman–Crippen LogP) is 1.36. The molecule has 0 spiro atoms. The number of carbonyl (C=O) groups is 2. The fraction of sp³-hybridized carbons (Fsp3) is 0.600. The van der Waals surface area contributed by atoms with Crippen molar-refractivity contribution >= 4 is 24.2 Å². The molecule has 3 rings (SSSR count). The first-order valence-corrected chi connectivity index (χ1v) is 9.58. The van der Waals surface area contributed by atoms with Gasteiger partial charge in [-0.2, -0.15) is 0 Å². The maximum Gasteiger partial charge on any atom is 0.263 e. The summed E-state index contributed by atoms with van der Waals surface area (Å²) in [5.41, 5.74) is 6.47. The van der Waals surface area contributed by atoms with E-state index in [1.807, 2.05) is 31.2 Å². The summed E-state index contributed by atoms with van der Waals surface area (Å²) in [6, 6.07) is 7.65. The first-order valence-electron chi connectivity index (χ1n) is 9.58. The molecule has 1 aromatic carbocycles. The van der Waals surface area contributed by atoms with E-state index in [-0.39, 0.29) is 24.2 Å². The summed E-state index contributed by atoms with van der Waals surface area (Å²) in [5.74, 6) is 0.637. The van der Waals surface area contributed by atoms with E-state index in [1.54, 1.807) is 16.7 Å². The van der Waals surface area contributed by atoms with Crippen molar-refractivity contribution in [3.8, 4) is 5.75 Å². The van der Waals surface area contributed by atoms with Crippen molar-refractivity contribution in [1.29, 1.82) is 0 Å². The van der Waals surface area contributed by atoms with Crippen molar-refractivity contribution in [2.24, 2.45) is 5.73 Å². The maximum atomic E-state index is 12.8. The van der Waals surface area contributed by atoms with Crippen LogP contribution in [0, 0.1) is 6.92 Å². The molecule has 2 fully saturated rings. The number of amides is 2. The second-order valence-corrected chi connectivity index (χ2v) is 7.41. The first-order chi connectivity index (χ1) is 12.9. The highest BCUT2D eigenvalue weighted by Gasteiger charge is 2.40. The largest absolute Gasteiger partial charge is 0.481 e. The van der Waals surface area contributed by atoms with Crippen LogP contribution in [0.25, 0.3) is 0 Å². The zero-order valence-corrected chi connectivity index (χ0v) is 17.4. The van der Waals surface area contributed by atoms with Crippen molar-refractivity contribution in [2.75, 3.05) is 39.4 Å². The number of aryl methyl sites for hydroxylation is 1. The molecule has 2 heterocycles. The Hall–Kier alpha value is -1.83.